The van der Waals surface area contributed by atoms with Crippen LogP contribution in [0, 0.1) is 5.92 Å². The lowest BCUT2D eigenvalue weighted by molar-refractivity contribution is -0.274. The highest BCUT2D eigenvalue weighted by atomic mass is 32.2. The van der Waals surface area contributed by atoms with E-state index in [1.165, 1.54) is 35.6 Å². The van der Waals surface area contributed by atoms with Crippen LogP contribution in [0.5, 0.6) is 5.75 Å². The largest absolute Gasteiger partial charge is 0.573 e. The molecule has 4 rings (SSSR count). The molecule has 2 heterocycles. The van der Waals surface area contributed by atoms with E-state index in [-0.39, 0.29) is 40.7 Å². The Hall–Kier alpha value is -2.96. The van der Waals surface area contributed by atoms with Crippen molar-refractivity contribution in [2.24, 2.45) is 5.92 Å². The summed E-state index contributed by atoms with van der Waals surface area (Å²) in [5.41, 5.74) is 2.44. The number of sulfone groups is 1. The van der Waals surface area contributed by atoms with Gasteiger partial charge in [-0.25, -0.2) is 13.4 Å². The highest BCUT2D eigenvalue weighted by molar-refractivity contribution is 7.91. The number of benzene rings is 2. The van der Waals surface area contributed by atoms with Crippen molar-refractivity contribution in [3.05, 3.63) is 70.2 Å². The monoisotopic (exact) mass is 567 g/mol. The Morgan fingerprint density at radius 1 is 1.13 bits per heavy atom. The first-order valence-electron chi connectivity index (χ1n) is 12.0. The SMILES string of the molecule is CCS(=O)(=O)c1ccc(CC(=O)Nc2nc3c(s2)CN(Cc2ccc(OC(F)(F)F)cc2)C3C(C)C)cc1. The van der Waals surface area contributed by atoms with Crippen molar-refractivity contribution in [3.8, 4) is 5.75 Å². The van der Waals surface area contributed by atoms with Crippen LogP contribution in [0.4, 0.5) is 18.3 Å². The summed E-state index contributed by atoms with van der Waals surface area (Å²) in [6.45, 7) is 6.88. The van der Waals surface area contributed by atoms with Crippen LogP contribution in [0.3, 0.4) is 0 Å². The van der Waals surface area contributed by atoms with Crippen LogP contribution in [0.1, 0.15) is 48.5 Å². The van der Waals surface area contributed by atoms with Gasteiger partial charge in [0.1, 0.15) is 5.75 Å². The minimum atomic E-state index is -4.73. The number of nitrogens with zero attached hydrogens (tertiary/aromatic N) is 2. The van der Waals surface area contributed by atoms with E-state index in [9.17, 15) is 26.4 Å². The van der Waals surface area contributed by atoms with Crippen LogP contribution in [-0.4, -0.2) is 36.3 Å². The Morgan fingerprint density at radius 3 is 2.34 bits per heavy atom. The van der Waals surface area contributed by atoms with Crippen LogP contribution in [0.25, 0.3) is 0 Å². The number of anilines is 1. The molecule has 1 unspecified atom stereocenters. The number of carbonyl (C=O) groups is 1. The van der Waals surface area contributed by atoms with E-state index >= 15 is 0 Å². The standard InChI is InChI=1S/C26H28F3N3O4S2/c1-4-38(34,35)20-11-7-17(8-12-20)13-22(33)30-25-31-23-21(37-25)15-32(24(23)16(2)3)14-18-5-9-19(10-6-18)36-26(27,28)29/h5-12,16,24H,4,13-15H2,1-3H3,(H,30,31,33). The number of amides is 1. The number of hydrogen-bond acceptors (Lipinski definition) is 7. The highest BCUT2D eigenvalue weighted by Crippen LogP contribution is 2.43. The van der Waals surface area contributed by atoms with Gasteiger partial charge in [0.05, 0.1) is 28.8 Å². The number of halogens is 3. The number of carbonyl (C=O) groups excluding carboxylic acids is 1. The summed E-state index contributed by atoms with van der Waals surface area (Å²) < 4.78 is 65.2. The third kappa shape index (κ3) is 6.72. The fourth-order valence-corrected chi connectivity index (χ4v) is 6.40. The lowest BCUT2D eigenvalue weighted by atomic mass is 10.0. The summed E-state index contributed by atoms with van der Waals surface area (Å²) in [7, 11) is -3.30. The molecule has 0 aliphatic carbocycles. The summed E-state index contributed by atoms with van der Waals surface area (Å²) in [6.07, 6.45) is -4.64. The van der Waals surface area contributed by atoms with E-state index in [0.29, 0.717) is 23.8 Å². The zero-order valence-corrected chi connectivity index (χ0v) is 22.7. The molecule has 1 aliphatic heterocycles. The van der Waals surface area contributed by atoms with Gasteiger partial charge in [-0.3, -0.25) is 9.69 Å². The summed E-state index contributed by atoms with van der Waals surface area (Å²) in [5, 5.41) is 3.35. The molecular formula is C26H28F3N3O4S2. The van der Waals surface area contributed by atoms with Gasteiger partial charge in [-0.2, -0.15) is 0 Å². The molecule has 0 saturated carbocycles. The van der Waals surface area contributed by atoms with Crippen molar-refractivity contribution in [1.82, 2.24) is 9.88 Å². The number of fused-ring (bicyclic) bond motifs is 1. The van der Waals surface area contributed by atoms with E-state index in [1.54, 1.807) is 31.2 Å². The molecule has 204 valence electrons. The van der Waals surface area contributed by atoms with E-state index in [4.69, 9.17) is 4.98 Å². The molecular weight excluding hydrogens is 539 g/mol. The number of aromatic nitrogens is 1. The van der Waals surface area contributed by atoms with Gasteiger partial charge in [0.25, 0.3) is 0 Å². The summed E-state index contributed by atoms with van der Waals surface area (Å²) in [4.78, 5) is 20.8. The maximum Gasteiger partial charge on any atom is 0.573 e. The topological polar surface area (TPSA) is 88.6 Å². The van der Waals surface area contributed by atoms with Crippen molar-refractivity contribution >= 4 is 32.2 Å². The molecule has 3 aromatic rings. The quantitative estimate of drug-likeness (QED) is 0.355. The molecule has 2 aromatic carbocycles. The lowest BCUT2D eigenvalue weighted by Crippen LogP contribution is -2.26. The Bertz CT molecular complexity index is 1390. The molecule has 12 heteroatoms. The predicted octanol–water partition coefficient (Wildman–Crippen LogP) is 5.73. The minimum absolute atomic E-state index is 0.00828. The van der Waals surface area contributed by atoms with Gasteiger partial charge < -0.3 is 10.1 Å². The molecule has 1 aromatic heterocycles. The zero-order valence-electron chi connectivity index (χ0n) is 21.1. The van der Waals surface area contributed by atoms with E-state index in [0.717, 1.165) is 16.1 Å². The summed E-state index contributed by atoms with van der Waals surface area (Å²) in [6, 6.07) is 12.1. The van der Waals surface area contributed by atoms with Gasteiger partial charge >= 0.3 is 6.36 Å². The highest BCUT2D eigenvalue weighted by Gasteiger charge is 2.36. The second-order valence-corrected chi connectivity index (χ2v) is 12.7. The number of alkyl halides is 3. The number of ether oxygens (including phenoxy) is 1. The number of nitrogens with one attached hydrogen (secondary N) is 1. The molecule has 1 atom stereocenters. The third-order valence-electron chi connectivity index (χ3n) is 6.20. The van der Waals surface area contributed by atoms with Gasteiger partial charge in [-0.05, 0) is 41.3 Å². The maximum atomic E-state index is 12.6. The molecule has 1 aliphatic rings. The molecule has 0 saturated heterocycles. The van der Waals surface area contributed by atoms with E-state index < -0.39 is 16.2 Å². The first-order valence-corrected chi connectivity index (χ1v) is 14.5. The third-order valence-corrected chi connectivity index (χ3v) is 8.92. The molecule has 0 radical (unpaired) electrons. The molecule has 7 nitrogen and oxygen atoms in total. The average molecular weight is 568 g/mol. The maximum absolute atomic E-state index is 12.6. The fourth-order valence-electron chi connectivity index (χ4n) is 4.47. The van der Waals surface area contributed by atoms with Crippen molar-refractivity contribution < 1.29 is 31.1 Å². The Labute approximate surface area is 223 Å². The van der Waals surface area contributed by atoms with E-state index in [2.05, 4.69) is 28.8 Å². The van der Waals surface area contributed by atoms with E-state index in [1.807, 2.05) is 0 Å². The van der Waals surface area contributed by atoms with Crippen molar-refractivity contribution in [3.63, 3.8) is 0 Å². The van der Waals surface area contributed by atoms with Gasteiger partial charge in [0, 0.05) is 18.0 Å². The van der Waals surface area contributed by atoms with Crippen LogP contribution < -0.4 is 10.1 Å². The van der Waals surface area contributed by atoms with Crippen molar-refractivity contribution in [2.45, 2.75) is 57.6 Å². The number of thiazole rings is 1. The van der Waals surface area contributed by atoms with Crippen molar-refractivity contribution in [1.29, 1.82) is 0 Å². The molecule has 38 heavy (non-hydrogen) atoms. The first-order chi connectivity index (χ1) is 17.8. The molecule has 1 N–H and O–H groups in total. The number of rotatable bonds is 9. The lowest BCUT2D eigenvalue weighted by Gasteiger charge is -2.27. The van der Waals surface area contributed by atoms with Gasteiger partial charge in [0.15, 0.2) is 15.0 Å². The number of hydrogen-bond donors (Lipinski definition) is 1. The first kappa shape index (κ1) is 28.1. The molecule has 1 amide bonds. The van der Waals surface area contributed by atoms with Crippen LogP contribution in [-0.2, 0) is 34.1 Å². The normalized spacial score (nSPS) is 16.0. The summed E-state index contributed by atoms with van der Waals surface area (Å²) >= 11 is 1.40. The predicted molar refractivity (Wildman–Crippen MR) is 139 cm³/mol. The molecule has 0 bridgehead atoms. The Balaban J connectivity index is 1.39. The smallest absolute Gasteiger partial charge is 0.406 e. The van der Waals surface area contributed by atoms with Crippen LogP contribution >= 0.6 is 11.3 Å². The second kappa shape index (κ2) is 11.0. The summed E-state index contributed by atoms with van der Waals surface area (Å²) in [5.74, 6) is -0.277. The zero-order chi connectivity index (χ0) is 27.7. The van der Waals surface area contributed by atoms with Crippen molar-refractivity contribution in [2.75, 3.05) is 11.1 Å². The fraction of sp³-hybridized carbons (Fsp3) is 0.385. The second-order valence-electron chi connectivity index (χ2n) is 9.39. The molecule has 0 spiro atoms. The molecule has 0 fully saturated rings. The Morgan fingerprint density at radius 2 is 1.76 bits per heavy atom. The minimum Gasteiger partial charge on any atom is -0.406 e. The Kier molecular flexibility index (Phi) is 8.15. The van der Waals surface area contributed by atoms with Gasteiger partial charge in [-0.15, -0.1) is 24.5 Å². The average Bonchev–Trinajstić information content (AvgIpc) is 3.35. The van der Waals surface area contributed by atoms with Gasteiger partial charge in [0.2, 0.25) is 5.91 Å². The van der Waals surface area contributed by atoms with Crippen LogP contribution in [0.2, 0.25) is 0 Å². The van der Waals surface area contributed by atoms with Crippen LogP contribution in [0.15, 0.2) is 53.4 Å². The van der Waals surface area contributed by atoms with Gasteiger partial charge in [-0.1, -0.05) is 45.0 Å².